The molecule has 1 nitrogen and oxygen atoms in total. The summed E-state index contributed by atoms with van der Waals surface area (Å²) in [6.45, 7) is 0.960. The molecule has 4 heteroatoms. The molecule has 88 valence electrons. The Hall–Kier alpha value is -0.670. The Bertz CT molecular complexity index is 366. The maximum atomic E-state index is 13.2. The fourth-order valence-corrected chi connectivity index (χ4v) is 2.01. The van der Waals surface area contributed by atoms with Gasteiger partial charge in [0.15, 0.2) is 0 Å². The summed E-state index contributed by atoms with van der Waals surface area (Å²) in [5.41, 5.74) is 0.347. The van der Waals surface area contributed by atoms with E-state index in [2.05, 4.69) is 5.32 Å². The summed E-state index contributed by atoms with van der Waals surface area (Å²) in [7, 11) is 0. The predicted octanol–water partition coefficient (Wildman–Crippen LogP) is 3.07. The summed E-state index contributed by atoms with van der Waals surface area (Å²) >= 11 is 6.09. The minimum atomic E-state index is -0.414. The third-order valence-electron chi connectivity index (χ3n) is 2.80. The lowest BCUT2D eigenvalue weighted by Gasteiger charge is -2.10. The first kappa shape index (κ1) is 11.8. The first-order chi connectivity index (χ1) is 7.66. The molecule has 1 aliphatic carbocycles. The van der Waals surface area contributed by atoms with E-state index in [4.69, 9.17) is 11.6 Å². The minimum absolute atomic E-state index is 0.108. The summed E-state index contributed by atoms with van der Waals surface area (Å²) in [5, 5.41) is 3.16. The predicted molar refractivity (Wildman–Crippen MR) is 60.4 cm³/mol. The lowest BCUT2D eigenvalue weighted by atomic mass is 10.2. The van der Waals surface area contributed by atoms with Crippen LogP contribution in [0.3, 0.4) is 0 Å². The second kappa shape index (κ2) is 5.11. The number of alkyl halides is 1. The molecule has 0 bridgehead atoms. The van der Waals surface area contributed by atoms with Crippen LogP contribution in [0.2, 0.25) is 0 Å². The van der Waals surface area contributed by atoms with E-state index in [0.717, 1.165) is 12.1 Å². The van der Waals surface area contributed by atoms with Gasteiger partial charge in [-0.2, -0.15) is 0 Å². The fourth-order valence-electron chi connectivity index (χ4n) is 1.65. The molecule has 0 amide bonds. The Kier molecular flexibility index (Phi) is 3.77. The maximum Gasteiger partial charge on any atom is 0.127 e. The SMILES string of the molecule is Fc1ccc(F)c(CNCC(Cl)C2CC2)c1. The van der Waals surface area contributed by atoms with Crippen molar-refractivity contribution in [2.75, 3.05) is 6.54 Å². The van der Waals surface area contributed by atoms with Crippen molar-refractivity contribution in [1.29, 1.82) is 0 Å². The summed E-state index contributed by atoms with van der Waals surface area (Å²) < 4.78 is 26.1. The monoisotopic (exact) mass is 245 g/mol. The normalized spacial score (nSPS) is 17.4. The van der Waals surface area contributed by atoms with Crippen molar-refractivity contribution in [1.82, 2.24) is 5.32 Å². The maximum absolute atomic E-state index is 13.2. The van der Waals surface area contributed by atoms with Crippen LogP contribution in [-0.2, 0) is 6.54 Å². The Morgan fingerprint density at radius 2 is 2.12 bits per heavy atom. The smallest absolute Gasteiger partial charge is 0.127 e. The van der Waals surface area contributed by atoms with Crippen LogP contribution in [0.1, 0.15) is 18.4 Å². The Balaban J connectivity index is 1.81. The molecule has 0 aliphatic heterocycles. The number of benzene rings is 1. The Morgan fingerprint density at radius 3 is 2.81 bits per heavy atom. The van der Waals surface area contributed by atoms with E-state index in [9.17, 15) is 8.78 Å². The van der Waals surface area contributed by atoms with E-state index in [-0.39, 0.29) is 11.2 Å². The van der Waals surface area contributed by atoms with Gasteiger partial charge in [-0.1, -0.05) is 0 Å². The van der Waals surface area contributed by atoms with Crippen molar-refractivity contribution in [3.8, 4) is 0 Å². The van der Waals surface area contributed by atoms with Gasteiger partial charge in [-0.25, -0.2) is 8.78 Å². The van der Waals surface area contributed by atoms with Gasteiger partial charge in [-0.15, -0.1) is 11.6 Å². The summed E-state index contributed by atoms with van der Waals surface area (Å²) in [6.07, 6.45) is 2.37. The zero-order valence-electron chi connectivity index (χ0n) is 8.85. The van der Waals surface area contributed by atoms with Crippen LogP contribution < -0.4 is 5.32 Å². The topological polar surface area (TPSA) is 12.0 Å². The van der Waals surface area contributed by atoms with Gasteiger partial charge < -0.3 is 5.32 Å². The van der Waals surface area contributed by atoms with Crippen LogP contribution in [0.15, 0.2) is 18.2 Å². The molecule has 1 atom stereocenters. The van der Waals surface area contributed by atoms with Crippen molar-refractivity contribution in [3.05, 3.63) is 35.4 Å². The zero-order valence-corrected chi connectivity index (χ0v) is 9.61. The Morgan fingerprint density at radius 1 is 1.38 bits per heavy atom. The molecular weight excluding hydrogens is 232 g/mol. The highest BCUT2D eigenvalue weighted by atomic mass is 35.5. The van der Waals surface area contributed by atoms with Crippen LogP contribution in [0, 0.1) is 17.6 Å². The molecule has 0 saturated heterocycles. The number of hydrogen-bond acceptors (Lipinski definition) is 1. The number of rotatable bonds is 5. The number of nitrogens with one attached hydrogen (secondary N) is 1. The second-order valence-electron chi connectivity index (χ2n) is 4.22. The average Bonchev–Trinajstić information content (AvgIpc) is 3.06. The van der Waals surface area contributed by atoms with Crippen LogP contribution in [0.25, 0.3) is 0 Å². The molecule has 0 spiro atoms. The third-order valence-corrected chi connectivity index (χ3v) is 3.31. The molecule has 1 fully saturated rings. The molecule has 0 aromatic heterocycles. The largest absolute Gasteiger partial charge is 0.311 e. The van der Waals surface area contributed by atoms with E-state index >= 15 is 0 Å². The standard InChI is InChI=1S/C12H14ClF2N/c13-11(8-1-2-8)7-16-6-9-5-10(14)3-4-12(9)15/h3-5,8,11,16H,1-2,6-7H2. The van der Waals surface area contributed by atoms with Crippen LogP contribution in [0.4, 0.5) is 8.78 Å². The average molecular weight is 246 g/mol. The molecule has 1 saturated carbocycles. The lowest BCUT2D eigenvalue weighted by Crippen LogP contribution is -2.24. The third kappa shape index (κ3) is 3.16. The van der Waals surface area contributed by atoms with E-state index in [1.807, 2.05) is 0 Å². The van der Waals surface area contributed by atoms with E-state index in [0.29, 0.717) is 24.6 Å². The van der Waals surface area contributed by atoms with E-state index in [1.165, 1.54) is 18.9 Å². The van der Waals surface area contributed by atoms with Crippen LogP contribution >= 0.6 is 11.6 Å². The van der Waals surface area contributed by atoms with Crippen LogP contribution in [0.5, 0.6) is 0 Å². The highest BCUT2D eigenvalue weighted by molar-refractivity contribution is 6.21. The molecule has 1 aromatic carbocycles. The molecule has 0 heterocycles. The number of halogens is 3. The summed E-state index contributed by atoms with van der Waals surface area (Å²) in [6, 6.07) is 3.47. The minimum Gasteiger partial charge on any atom is -0.311 e. The first-order valence-corrected chi connectivity index (χ1v) is 5.89. The molecule has 16 heavy (non-hydrogen) atoms. The zero-order chi connectivity index (χ0) is 11.5. The summed E-state index contributed by atoms with van der Waals surface area (Å²) in [4.78, 5) is 0. The lowest BCUT2D eigenvalue weighted by molar-refractivity contribution is 0.560. The van der Waals surface area contributed by atoms with Gasteiger partial charge in [-0.3, -0.25) is 0 Å². The van der Waals surface area contributed by atoms with Crippen molar-refractivity contribution in [2.45, 2.75) is 24.8 Å². The van der Waals surface area contributed by atoms with Gasteiger partial charge in [0.05, 0.1) is 0 Å². The van der Waals surface area contributed by atoms with E-state index in [1.54, 1.807) is 0 Å². The highest BCUT2D eigenvalue weighted by Gasteiger charge is 2.29. The molecular formula is C12H14ClF2N. The molecule has 2 rings (SSSR count). The van der Waals surface area contributed by atoms with Gasteiger partial charge in [0.2, 0.25) is 0 Å². The molecule has 1 aromatic rings. The molecule has 1 unspecified atom stereocenters. The molecule has 0 radical (unpaired) electrons. The van der Waals surface area contributed by atoms with Gasteiger partial charge in [0.25, 0.3) is 0 Å². The second-order valence-corrected chi connectivity index (χ2v) is 4.78. The molecule has 1 aliphatic rings. The Labute approximate surface area is 98.8 Å². The van der Waals surface area contributed by atoms with E-state index < -0.39 is 5.82 Å². The quantitative estimate of drug-likeness (QED) is 0.787. The van der Waals surface area contributed by atoms with Crippen molar-refractivity contribution >= 4 is 11.6 Å². The fraction of sp³-hybridized carbons (Fsp3) is 0.500. The molecule has 1 N–H and O–H groups in total. The van der Waals surface area contributed by atoms with Gasteiger partial charge >= 0.3 is 0 Å². The van der Waals surface area contributed by atoms with Gasteiger partial charge in [0, 0.05) is 24.0 Å². The van der Waals surface area contributed by atoms with Gasteiger partial charge in [-0.05, 0) is 37.0 Å². The first-order valence-electron chi connectivity index (χ1n) is 5.45. The van der Waals surface area contributed by atoms with Gasteiger partial charge in [0.1, 0.15) is 11.6 Å². The van der Waals surface area contributed by atoms with Crippen LogP contribution in [-0.4, -0.2) is 11.9 Å². The van der Waals surface area contributed by atoms with Crippen molar-refractivity contribution < 1.29 is 8.78 Å². The van der Waals surface area contributed by atoms with Crippen molar-refractivity contribution in [2.24, 2.45) is 5.92 Å². The highest BCUT2D eigenvalue weighted by Crippen LogP contribution is 2.35. The summed E-state index contributed by atoms with van der Waals surface area (Å²) in [5.74, 6) is -0.194. The van der Waals surface area contributed by atoms with Crippen molar-refractivity contribution in [3.63, 3.8) is 0 Å². The number of hydrogen-bond donors (Lipinski definition) is 1.